The topological polar surface area (TPSA) is 39.1 Å². The molecule has 0 spiro atoms. The monoisotopic (exact) mass is 293 g/mol. The smallest absolute Gasteiger partial charge is 0.146 e. The zero-order valence-electron chi connectivity index (χ0n) is 12.1. The molecule has 108 valence electrons. The van der Waals surface area contributed by atoms with Crippen LogP contribution in [0.25, 0.3) is 0 Å². The van der Waals surface area contributed by atoms with Crippen molar-refractivity contribution in [3.63, 3.8) is 0 Å². The van der Waals surface area contributed by atoms with Crippen LogP contribution in [0.4, 0.5) is 0 Å². The van der Waals surface area contributed by atoms with Crippen LogP contribution in [0.2, 0.25) is 5.02 Å². The molecular weight excluding hydrogens is 274 g/mol. The van der Waals surface area contributed by atoms with Crippen LogP contribution in [0.5, 0.6) is 5.75 Å². The molecule has 0 amide bonds. The normalized spacial score (nSPS) is 11.1. The molecule has 2 aromatic rings. The van der Waals surface area contributed by atoms with Gasteiger partial charge in [-0.05, 0) is 17.7 Å². The van der Waals surface area contributed by atoms with Gasteiger partial charge in [0, 0.05) is 32.0 Å². The van der Waals surface area contributed by atoms with E-state index in [1.54, 1.807) is 6.20 Å². The second-order valence-corrected chi connectivity index (χ2v) is 5.45. The van der Waals surface area contributed by atoms with Gasteiger partial charge in [-0.1, -0.05) is 31.5 Å². The largest absolute Gasteiger partial charge is 0.484 e. The summed E-state index contributed by atoms with van der Waals surface area (Å²) in [5.41, 5.74) is 1.15. The summed E-state index contributed by atoms with van der Waals surface area (Å²) in [6, 6.07) is 6.32. The van der Waals surface area contributed by atoms with Gasteiger partial charge in [0.15, 0.2) is 0 Å². The summed E-state index contributed by atoms with van der Waals surface area (Å²) in [5.74, 6) is 1.55. The van der Waals surface area contributed by atoms with Crippen molar-refractivity contribution in [2.24, 2.45) is 7.05 Å². The van der Waals surface area contributed by atoms with Crippen molar-refractivity contribution in [1.29, 1.82) is 0 Å². The van der Waals surface area contributed by atoms with Crippen molar-refractivity contribution in [2.75, 3.05) is 0 Å². The minimum Gasteiger partial charge on any atom is -0.484 e. The van der Waals surface area contributed by atoms with Crippen molar-refractivity contribution < 1.29 is 4.74 Å². The van der Waals surface area contributed by atoms with Crippen molar-refractivity contribution in [3.8, 4) is 5.75 Å². The summed E-state index contributed by atoms with van der Waals surface area (Å²) < 4.78 is 7.63. The predicted octanol–water partition coefficient (Wildman–Crippen LogP) is 3.15. The second kappa shape index (κ2) is 6.77. The highest BCUT2D eigenvalue weighted by Crippen LogP contribution is 2.26. The van der Waals surface area contributed by atoms with Gasteiger partial charge in [0.2, 0.25) is 0 Å². The van der Waals surface area contributed by atoms with Gasteiger partial charge in [-0.15, -0.1) is 0 Å². The first-order valence-corrected chi connectivity index (χ1v) is 7.05. The van der Waals surface area contributed by atoms with Gasteiger partial charge in [-0.3, -0.25) is 0 Å². The lowest BCUT2D eigenvalue weighted by atomic mass is 10.2. The van der Waals surface area contributed by atoms with Crippen LogP contribution in [0.3, 0.4) is 0 Å². The summed E-state index contributed by atoms with van der Waals surface area (Å²) in [7, 11) is 1.94. The molecule has 0 aliphatic carbocycles. The molecule has 1 aromatic heterocycles. The first kappa shape index (κ1) is 14.9. The van der Waals surface area contributed by atoms with Crippen LogP contribution in [-0.4, -0.2) is 15.6 Å². The van der Waals surface area contributed by atoms with E-state index in [2.05, 4.69) is 24.1 Å². The van der Waals surface area contributed by atoms with E-state index in [9.17, 15) is 0 Å². The molecule has 4 nitrogen and oxygen atoms in total. The molecule has 0 unspecified atom stereocenters. The Morgan fingerprint density at radius 1 is 1.40 bits per heavy atom. The number of imidazole rings is 1. The fourth-order valence-electron chi connectivity index (χ4n) is 1.77. The van der Waals surface area contributed by atoms with E-state index in [-0.39, 0.29) is 0 Å². The summed E-state index contributed by atoms with van der Waals surface area (Å²) in [5, 5.41) is 3.98. The zero-order chi connectivity index (χ0) is 14.5. The average Bonchev–Trinajstić information content (AvgIpc) is 2.81. The van der Waals surface area contributed by atoms with Gasteiger partial charge in [-0.25, -0.2) is 4.98 Å². The lowest BCUT2D eigenvalue weighted by Crippen LogP contribution is -2.21. The molecule has 0 fully saturated rings. The average molecular weight is 294 g/mol. The van der Waals surface area contributed by atoms with Crippen LogP contribution in [-0.2, 0) is 20.2 Å². The fourth-order valence-corrected chi connectivity index (χ4v) is 2.03. The number of nitrogens with zero attached hydrogens (tertiary/aromatic N) is 2. The van der Waals surface area contributed by atoms with E-state index < -0.39 is 0 Å². The van der Waals surface area contributed by atoms with Crippen molar-refractivity contribution in [3.05, 3.63) is 47.0 Å². The Hall–Kier alpha value is -1.52. The quantitative estimate of drug-likeness (QED) is 0.889. The molecule has 0 bridgehead atoms. The molecular formula is C15H20ClN3O. The van der Waals surface area contributed by atoms with E-state index in [1.807, 2.05) is 36.0 Å². The zero-order valence-corrected chi connectivity index (χ0v) is 12.8. The van der Waals surface area contributed by atoms with Crippen molar-refractivity contribution in [2.45, 2.75) is 33.0 Å². The van der Waals surface area contributed by atoms with Gasteiger partial charge >= 0.3 is 0 Å². The highest BCUT2D eigenvalue weighted by atomic mass is 35.5. The minimum atomic E-state index is 0.410. The molecule has 2 rings (SSSR count). The van der Waals surface area contributed by atoms with Gasteiger partial charge in [0.25, 0.3) is 0 Å². The highest BCUT2D eigenvalue weighted by molar-refractivity contribution is 6.32. The van der Waals surface area contributed by atoms with E-state index in [4.69, 9.17) is 16.3 Å². The number of benzene rings is 1. The Balaban J connectivity index is 1.97. The summed E-state index contributed by atoms with van der Waals surface area (Å²) in [6.45, 7) is 5.45. The van der Waals surface area contributed by atoms with Gasteiger partial charge < -0.3 is 14.6 Å². The number of rotatable bonds is 6. The number of aryl methyl sites for hydroxylation is 1. The first-order valence-electron chi connectivity index (χ1n) is 6.67. The Morgan fingerprint density at radius 3 is 2.80 bits per heavy atom. The molecule has 0 atom stereocenters. The Morgan fingerprint density at radius 2 is 2.20 bits per heavy atom. The number of ether oxygens (including phenoxy) is 1. The second-order valence-electron chi connectivity index (χ2n) is 5.04. The van der Waals surface area contributed by atoms with Crippen LogP contribution in [0.1, 0.15) is 25.2 Å². The van der Waals surface area contributed by atoms with E-state index in [0.717, 1.165) is 17.9 Å². The molecule has 0 saturated heterocycles. The van der Waals surface area contributed by atoms with Crippen molar-refractivity contribution in [1.82, 2.24) is 14.9 Å². The highest BCUT2D eigenvalue weighted by Gasteiger charge is 2.06. The molecule has 0 aliphatic heterocycles. The standard InChI is InChI=1S/C15H20ClN3O/c1-11(2)18-9-12-4-5-14(13(16)8-12)20-10-15-17-6-7-19(15)3/h4-8,11,18H,9-10H2,1-3H3. The number of halogens is 1. The van der Waals surface area contributed by atoms with Gasteiger partial charge in [0.1, 0.15) is 18.2 Å². The van der Waals surface area contributed by atoms with Gasteiger partial charge in [-0.2, -0.15) is 0 Å². The molecule has 0 radical (unpaired) electrons. The molecule has 1 heterocycles. The number of aromatic nitrogens is 2. The third-order valence-electron chi connectivity index (χ3n) is 2.99. The predicted molar refractivity (Wildman–Crippen MR) is 81.0 cm³/mol. The summed E-state index contributed by atoms with van der Waals surface area (Å²) >= 11 is 6.24. The minimum absolute atomic E-state index is 0.410. The Bertz CT molecular complexity index is 566. The Kier molecular flexibility index (Phi) is 5.04. The van der Waals surface area contributed by atoms with Crippen LogP contribution in [0.15, 0.2) is 30.6 Å². The molecule has 20 heavy (non-hydrogen) atoms. The first-order chi connectivity index (χ1) is 9.56. The SMILES string of the molecule is CC(C)NCc1ccc(OCc2nccn2C)c(Cl)c1. The van der Waals surface area contributed by atoms with Crippen LogP contribution < -0.4 is 10.1 Å². The van der Waals surface area contributed by atoms with Crippen LogP contribution >= 0.6 is 11.6 Å². The summed E-state index contributed by atoms with van der Waals surface area (Å²) in [4.78, 5) is 4.21. The van der Waals surface area contributed by atoms with E-state index in [0.29, 0.717) is 23.4 Å². The van der Waals surface area contributed by atoms with Crippen LogP contribution in [0, 0.1) is 0 Å². The number of nitrogens with one attached hydrogen (secondary N) is 1. The number of hydrogen-bond donors (Lipinski definition) is 1. The van der Waals surface area contributed by atoms with E-state index in [1.165, 1.54) is 0 Å². The van der Waals surface area contributed by atoms with Crippen molar-refractivity contribution >= 4 is 11.6 Å². The third kappa shape index (κ3) is 3.99. The Labute approximate surface area is 124 Å². The molecule has 1 aromatic carbocycles. The maximum Gasteiger partial charge on any atom is 0.146 e. The fraction of sp³-hybridized carbons (Fsp3) is 0.400. The molecule has 0 aliphatic rings. The molecule has 5 heteroatoms. The third-order valence-corrected chi connectivity index (χ3v) is 3.28. The lowest BCUT2D eigenvalue weighted by molar-refractivity contribution is 0.292. The maximum absolute atomic E-state index is 6.24. The number of hydrogen-bond acceptors (Lipinski definition) is 3. The lowest BCUT2D eigenvalue weighted by Gasteiger charge is -2.11. The molecule has 0 saturated carbocycles. The van der Waals surface area contributed by atoms with E-state index >= 15 is 0 Å². The summed E-state index contributed by atoms with van der Waals surface area (Å²) in [6.07, 6.45) is 3.64. The maximum atomic E-state index is 6.24. The van der Waals surface area contributed by atoms with Gasteiger partial charge in [0.05, 0.1) is 5.02 Å². The molecule has 1 N–H and O–H groups in total.